The second-order valence-corrected chi connectivity index (χ2v) is 4.87. The molecule has 0 spiro atoms. The molecule has 0 radical (unpaired) electrons. The first-order chi connectivity index (χ1) is 9.38. The largest absolute Gasteiger partial charge is 0.508 e. The third kappa shape index (κ3) is 5.56. The number of hydrogen-bond donors (Lipinski definition) is 3. The summed E-state index contributed by atoms with van der Waals surface area (Å²) >= 11 is 0. The molecule has 0 fully saturated rings. The summed E-state index contributed by atoms with van der Waals surface area (Å²) in [5, 5.41) is 20.7. The van der Waals surface area contributed by atoms with Crippen LogP contribution in [0.3, 0.4) is 0 Å². The summed E-state index contributed by atoms with van der Waals surface area (Å²) < 4.78 is 0. The first kappa shape index (κ1) is 15.8. The Kier molecular flexibility index (Phi) is 5.77. The number of aromatic hydroxyl groups is 1. The fourth-order valence-corrected chi connectivity index (χ4v) is 1.57. The zero-order valence-corrected chi connectivity index (χ0v) is 11.5. The molecular formula is C15H19NO4. The minimum absolute atomic E-state index is 0.115. The van der Waals surface area contributed by atoms with Crippen molar-refractivity contribution in [3.63, 3.8) is 0 Å². The van der Waals surface area contributed by atoms with Crippen LogP contribution < -0.4 is 5.32 Å². The van der Waals surface area contributed by atoms with Gasteiger partial charge in [-0.25, -0.2) is 4.79 Å². The fourth-order valence-electron chi connectivity index (χ4n) is 1.57. The first-order valence-corrected chi connectivity index (χ1v) is 6.38. The summed E-state index contributed by atoms with van der Waals surface area (Å²) in [4.78, 5) is 22.8. The molecule has 3 N–H and O–H groups in total. The van der Waals surface area contributed by atoms with Gasteiger partial charge in [0.2, 0.25) is 5.91 Å². The predicted octanol–water partition coefficient (Wildman–Crippen LogP) is 1.72. The van der Waals surface area contributed by atoms with Gasteiger partial charge in [-0.3, -0.25) is 4.79 Å². The summed E-state index contributed by atoms with van der Waals surface area (Å²) in [6.45, 7) is 3.85. The van der Waals surface area contributed by atoms with Crippen LogP contribution in [-0.2, 0) is 16.0 Å². The highest BCUT2D eigenvalue weighted by Crippen LogP contribution is 2.11. The molecule has 0 aromatic heterocycles. The van der Waals surface area contributed by atoms with E-state index in [1.165, 1.54) is 18.2 Å². The lowest BCUT2D eigenvalue weighted by atomic mass is 10.1. The molecule has 0 saturated carbocycles. The van der Waals surface area contributed by atoms with Gasteiger partial charge in [0.05, 0.1) is 0 Å². The minimum atomic E-state index is -1.09. The first-order valence-electron chi connectivity index (χ1n) is 6.38. The average molecular weight is 277 g/mol. The highest BCUT2D eigenvalue weighted by atomic mass is 16.4. The van der Waals surface area contributed by atoms with Gasteiger partial charge in [0, 0.05) is 6.42 Å². The van der Waals surface area contributed by atoms with Gasteiger partial charge < -0.3 is 15.5 Å². The number of aliphatic carboxylic acids is 1. The number of benzene rings is 1. The van der Waals surface area contributed by atoms with E-state index in [0.717, 1.165) is 5.56 Å². The average Bonchev–Trinajstić information content (AvgIpc) is 2.38. The Morgan fingerprint density at radius 2 is 1.85 bits per heavy atom. The van der Waals surface area contributed by atoms with E-state index in [1.54, 1.807) is 18.2 Å². The number of phenolic OH excluding ortho intramolecular Hbond substituents is 1. The summed E-state index contributed by atoms with van der Waals surface area (Å²) in [6, 6.07) is 5.22. The van der Waals surface area contributed by atoms with Crippen LogP contribution in [0.5, 0.6) is 5.75 Å². The molecule has 1 amide bonds. The molecule has 1 aromatic rings. The number of phenols is 1. The van der Waals surface area contributed by atoms with Crippen molar-refractivity contribution >= 4 is 11.9 Å². The minimum Gasteiger partial charge on any atom is -0.508 e. The number of hydrogen-bond acceptors (Lipinski definition) is 3. The number of rotatable bonds is 6. The molecule has 0 heterocycles. The molecular weight excluding hydrogens is 258 g/mol. The van der Waals surface area contributed by atoms with Crippen LogP contribution in [-0.4, -0.2) is 28.1 Å². The predicted molar refractivity (Wildman–Crippen MR) is 75.4 cm³/mol. The van der Waals surface area contributed by atoms with Gasteiger partial charge in [0.25, 0.3) is 0 Å². The molecule has 1 atom stereocenters. The van der Waals surface area contributed by atoms with E-state index < -0.39 is 17.9 Å². The third-order valence-electron chi connectivity index (χ3n) is 2.62. The van der Waals surface area contributed by atoms with Crippen molar-refractivity contribution in [2.45, 2.75) is 26.3 Å². The monoisotopic (exact) mass is 277 g/mol. The summed E-state index contributed by atoms with van der Waals surface area (Å²) in [5.74, 6) is -1.18. The topological polar surface area (TPSA) is 86.6 Å². The highest BCUT2D eigenvalue weighted by molar-refractivity contribution is 5.91. The number of carbonyl (C=O) groups excluding carboxylic acids is 1. The van der Waals surface area contributed by atoms with Crippen LogP contribution in [0.4, 0.5) is 0 Å². The van der Waals surface area contributed by atoms with Crippen molar-refractivity contribution in [2.75, 3.05) is 0 Å². The van der Waals surface area contributed by atoms with Crippen molar-refractivity contribution in [1.82, 2.24) is 5.32 Å². The van der Waals surface area contributed by atoms with E-state index in [4.69, 9.17) is 5.11 Å². The molecule has 20 heavy (non-hydrogen) atoms. The van der Waals surface area contributed by atoms with Crippen LogP contribution in [0.2, 0.25) is 0 Å². The zero-order valence-electron chi connectivity index (χ0n) is 11.5. The Morgan fingerprint density at radius 3 is 2.35 bits per heavy atom. The summed E-state index contributed by atoms with van der Waals surface area (Å²) in [7, 11) is 0. The Balaban J connectivity index is 2.68. The number of carbonyl (C=O) groups is 2. The zero-order chi connectivity index (χ0) is 15.1. The van der Waals surface area contributed by atoms with Crippen LogP contribution in [0.1, 0.15) is 19.4 Å². The summed E-state index contributed by atoms with van der Waals surface area (Å²) in [5.41, 5.74) is 0.725. The maximum absolute atomic E-state index is 11.6. The van der Waals surface area contributed by atoms with E-state index >= 15 is 0 Å². The summed E-state index contributed by atoms with van der Waals surface area (Å²) in [6.07, 6.45) is 3.21. The molecule has 1 rings (SSSR count). The Morgan fingerprint density at radius 1 is 1.25 bits per heavy atom. The lowest BCUT2D eigenvalue weighted by Gasteiger charge is -2.13. The lowest BCUT2D eigenvalue weighted by molar-refractivity contribution is -0.141. The maximum Gasteiger partial charge on any atom is 0.326 e. The number of carboxylic acids is 1. The Hall–Kier alpha value is -2.30. The van der Waals surface area contributed by atoms with Gasteiger partial charge in [0.1, 0.15) is 11.8 Å². The van der Waals surface area contributed by atoms with E-state index in [2.05, 4.69) is 5.32 Å². The van der Waals surface area contributed by atoms with Crippen LogP contribution in [0.25, 0.3) is 0 Å². The Labute approximate surface area is 117 Å². The second kappa shape index (κ2) is 7.33. The van der Waals surface area contributed by atoms with Crippen molar-refractivity contribution < 1.29 is 19.8 Å². The molecule has 0 bridgehead atoms. The van der Waals surface area contributed by atoms with E-state index in [9.17, 15) is 14.7 Å². The van der Waals surface area contributed by atoms with E-state index in [1.807, 2.05) is 13.8 Å². The van der Waals surface area contributed by atoms with E-state index in [0.29, 0.717) is 0 Å². The Bertz CT molecular complexity index is 491. The molecule has 5 nitrogen and oxygen atoms in total. The normalized spacial score (nSPS) is 12.6. The number of nitrogens with one attached hydrogen (secondary N) is 1. The van der Waals surface area contributed by atoms with Crippen molar-refractivity contribution in [2.24, 2.45) is 5.92 Å². The lowest BCUT2D eigenvalue weighted by Crippen LogP contribution is -2.41. The standard InChI is InChI=1S/C15H19NO4/c1-10(2)3-8-14(18)16-13(15(19)20)9-11-4-6-12(17)7-5-11/h3-8,10,13,17H,9H2,1-2H3,(H,16,18)(H,19,20)/b8-3+. The molecule has 1 unspecified atom stereocenters. The molecule has 1 aromatic carbocycles. The van der Waals surface area contributed by atoms with Crippen molar-refractivity contribution in [3.05, 3.63) is 42.0 Å². The second-order valence-electron chi connectivity index (χ2n) is 4.87. The van der Waals surface area contributed by atoms with Crippen LogP contribution in [0.15, 0.2) is 36.4 Å². The molecule has 0 aliphatic heterocycles. The van der Waals surface area contributed by atoms with Gasteiger partial charge in [0.15, 0.2) is 0 Å². The number of allylic oxidation sites excluding steroid dienone is 1. The fraction of sp³-hybridized carbons (Fsp3) is 0.333. The molecule has 0 aliphatic rings. The van der Waals surface area contributed by atoms with Gasteiger partial charge in [-0.15, -0.1) is 0 Å². The third-order valence-corrected chi connectivity index (χ3v) is 2.62. The quantitative estimate of drug-likeness (QED) is 0.691. The molecule has 0 saturated heterocycles. The highest BCUT2D eigenvalue weighted by Gasteiger charge is 2.19. The number of carboxylic acid groups (broad SMARTS) is 1. The van der Waals surface area contributed by atoms with Crippen LogP contribution >= 0.6 is 0 Å². The maximum atomic E-state index is 11.6. The van der Waals surface area contributed by atoms with Gasteiger partial charge >= 0.3 is 5.97 Å². The molecule has 108 valence electrons. The smallest absolute Gasteiger partial charge is 0.326 e. The number of amides is 1. The van der Waals surface area contributed by atoms with Gasteiger partial charge in [-0.1, -0.05) is 32.1 Å². The molecule has 5 heteroatoms. The van der Waals surface area contributed by atoms with Crippen molar-refractivity contribution in [3.8, 4) is 5.75 Å². The van der Waals surface area contributed by atoms with Crippen molar-refractivity contribution in [1.29, 1.82) is 0 Å². The van der Waals surface area contributed by atoms with Gasteiger partial charge in [-0.2, -0.15) is 0 Å². The molecule has 0 aliphatic carbocycles. The van der Waals surface area contributed by atoms with Gasteiger partial charge in [-0.05, 0) is 29.7 Å². The SMILES string of the molecule is CC(C)/C=C/C(=O)NC(Cc1ccc(O)cc1)C(=O)O. The van der Waals surface area contributed by atoms with Crippen LogP contribution in [0, 0.1) is 5.92 Å². The van der Waals surface area contributed by atoms with E-state index in [-0.39, 0.29) is 18.1 Å².